The van der Waals surface area contributed by atoms with Gasteiger partial charge in [-0.2, -0.15) is 5.26 Å². The van der Waals surface area contributed by atoms with Crippen molar-refractivity contribution in [1.82, 2.24) is 0 Å². The molecule has 2 rings (SSSR count). The zero-order valence-electron chi connectivity index (χ0n) is 11.7. The van der Waals surface area contributed by atoms with Crippen LogP contribution in [0.15, 0.2) is 29.8 Å². The number of ether oxygens (including phenoxy) is 1. The summed E-state index contributed by atoms with van der Waals surface area (Å²) >= 11 is 0. The molecule has 0 atom stereocenters. The summed E-state index contributed by atoms with van der Waals surface area (Å²) < 4.78 is 4.78. The molecule has 0 aliphatic carbocycles. The monoisotopic (exact) mass is 300 g/mol. The minimum atomic E-state index is -1.20. The maximum Gasteiger partial charge on any atom is 0.349 e. The maximum absolute atomic E-state index is 12.5. The number of fused-ring (bicyclic) bond motifs is 1. The fraction of sp³-hybridized carbons (Fsp3) is 0.200. The highest BCUT2D eigenvalue weighted by atomic mass is 16.5. The first kappa shape index (κ1) is 15.3. The molecule has 7 nitrogen and oxygen atoms in total. The normalized spacial score (nSPS) is 15.1. The Kier molecular flexibility index (Phi) is 4.23. The largest absolute Gasteiger partial charge is 0.480 e. The lowest BCUT2D eigenvalue weighted by molar-refractivity contribution is -0.138. The molecule has 22 heavy (non-hydrogen) atoms. The van der Waals surface area contributed by atoms with E-state index in [1.54, 1.807) is 37.3 Å². The highest BCUT2D eigenvalue weighted by Crippen LogP contribution is 2.38. The third kappa shape index (κ3) is 2.54. The fourth-order valence-corrected chi connectivity index (χ4v) is 2.22. The Morgan fingerprint density at radius 2 is 2.05 bits per heavy atom. The predicted molar refractivity (Wildman–Crippen MR) is 75.6 cm³/mol. The van der Waals surface area contributed by atoms with Crippen molar-refractivity contribution < 1.29 is 24.2 Å². The van der Waals surface area contributed by atoms with Crippen molar-refractivity contribution in [3.8, 4) is 6.07 Å². The van der Waals surface area contributed by atoms with Crippen LogP contribution in [0.3, 0.4) is 0 Å². The molecule has 1 amide bonds. The molecule has 1 aromatic rings. The molecular weight excluding hydrogens is 288 g/mol. The molecule has 1 aliphatic heterocycles. The van der Waals surface area contributed by atoms with Crippen molar-refractivity contribution in [1.29, 1.82) is 5.26 Å². The summed E-state index contributed by atoms with van der Waals surface area (Å²) in [4.78, 5) is 36.3. The van der Waals surface area contributed by atoms with Crippen LogP contribution in [0.1, 0.15) is 12.5 Å². The van der Waals surface area contributed by atoms with Crippen LogP contribution in [-0.4, -0.2) is 36.1 Å². The third-order valence-electron chi connectivity index (χ3n) is 3.06. The summed E-state index contributed by atoms with van der Waals surface area (Å²) in [6, 6.07) is 8.07. The van der Waals surface area contributed by atoms with Crippen LogP contribution in [0.25, 0.3) is 5.57 Å². The van der Waals surface area contributed by atoms with Crippen molar-refractivity contribution in [3.05, 3.63) is 35.4 Å². The molecule has 0 aromatic heterocycles. The molecule has 0 bridgehead atoms. The quantitative estimate of drug-likeness (QED) is 0.504. The second-order valence-electron chi connectivity index (χ2n) is 4.38. The molecule has 0 fully saturated rings. The van der Waals surface area contributed by atoms with E-state index in [1.165, 1.54) is 0 Å². The fourth-order valence-electron chi connectivity index (χ4n) is 2.22. The lowest BCUT2D eigenvalue weighted by Crippen LogP contribution is -2.32. The van der Waals surface area contributed by atoms with E-state index < -0.39 is 30.0 Å². The van der Waals surface area contributed by atoms with Gasteiger partial charge < -0.3 is 9.84 Å². The number of carbonyl (C=O) groups excluding carboxylic acids is 2. The van der Waals surface area contributed by atoms with Crippen molar-refractivity contribution in [3.63, 3.8) is 0 Å². The number of carboxylic acid groups (broad SMARTS) is 1. The first-order chi connectivity index (χ1) is 10.5. The summed E-state index contributed by atoms with van der Waals surface area (Å²) in [5.41, 5.74) is 0.144. The average Bonchev–Trinajstić information content (AvgIpc) is 2.74. The highest BCUT2D eigenvalue weighted by Gasteiger charge is 2.37. The summed E-state index contributed by atoms with van der Waals surface area (Å²) in [5, 5.41) is 18.1. The SMILES string of the molecule is CCOC(=O)C(C#N)=C1C(=O)N(CC(=O)O)c2ccccc21. The van der Waals surface area contributed by atoms with Crippen LogP contribution < -0.4 is 4.90 Å². The van der Waals surface area contributed by atoms with Crippen LogP contribution in [0.2, 0.25) is 0 Å². The number of nitriles is 1. The third-order valence-corrected chi connectivity index (χ3v) is 3.06. The summed E-state index contributed by atoms with van der Waals surface area (Å²) in [5.74, 6) is -2.80. The molecule has 7 heteroatoms. The van der Waals surface area contributed by atoms with E-state index in [4.69, 9.17) is 9.84 Å². The number of amides is 1. The summed E-state index contributed by atoms with van der Waals surface area (Å²) in [6.07, 6.45) is 0. The Morgan fingerprint density at radius 3 is 2.64 bits per heavy atom. The van der Waals surface area contributed by atoms with Gasteiger partial charge in [0.05, 0.1) is 17.9 Å². The minimum absolute atomic E-state index is 0.0615. The van der Waals surface area contributed by atoms with E-state index in [0.717, 1.165) is 4.90 Å². The Morgan fingerprint density at radius 1 is 1.36 bits per heavy atom. The predicted octanol–water partition coefficient (Wildman–Crippen LogP) is 0.958. The van der Waals surface area contributed by atoms with Gasteiger partial charge in [-0.25, -0.2) is 4.79 Å². The average molecular weight is 300 g/mol. The molecule has 0 saturated heterocycles. The van der Waals surface area contributed by atoms with Crippen LogP contribution >= 0.6 is 0 Å². The van der Waals surface area contributed by atoms with E-state index in [-0.39, 0.29) is 12.2 Å². The summed E-state index contributed by atoms with van der Waals surface area (Å²) in [6.45, 7) is 1.09. The van der Waals surface area contributed by atoms with Gasteiger partial charge in [0.1, 0.15) is 12.6 Å². The lowest BCUT2D eigenvalue weighted by atomic mass is 10.0. The number of carbonyl (C=O) groups is 3. The van der Waals surface area contributed by atoms with Gasteiger partial charge in [-0.1, -0.05) is 18.2 Å². The number of nitrogens with zero attached hydrogens (tertiary/aromatic N) is 2. The van der Waals surface area contributed by atoms with E-state index in [2.05, 4.69) is 0 Å². The van der Waals surface area contributed by atoms with Gasteiger partial charge in [-0.05, 0) is 13.0 Å². The van der Waals surface area contributed by atoms with Crippen molar-refractivity contribution >= 4 is 29.1 Å². The van der Waals surface area contributed by atoms with E-state index in [0.29, 0.717) is 11.3 Å². The van der Waals surface area contributed by atoms with Crippen molar-refractivity contribution in [2.75, 3.05) is 18.1 Å². The second kappa shape index (κ2) is 6.10. The van der Waals surface area contributed by atoms with Gasteiger partial charge in [0.15, 0.2) is 5.57 Å². The number of rotatable bonds is 4. The van der Waals surface area contributed by atoms with Gasteiger partial charge in [0, 0.05) is 5.56 Å². The van der Waals surface area contributed by atoms with E-state index in [1.807, 2.05) is 0 Å². The molecular formula is C15H12N2O5. The zero-order chi connectivity index (χ0) is 16.3. The second-order valence-corrected chi connectivity index (χ2v) is 4.38. The number of hydrogen-bond donors (Lipinski definition) is 1. The minimum Gasteiger partial charge on any atom is -0.480 e. The number of esters is 1. The Hall–Kier alpha value is -3.14. The van der Waals surface area contributed by atoms with Gasteiger partial charge in [-0.3, -0.25) is 14.5 Å². The molecule has 0 radical (unpaired) electrons. The standard InChI is InChI=1S/C15H12N2O5/c1-2-22-15(21)10(7-16)13-9-5-3-4-6-11(9)17(14(13)20)8-12(18)19/h3-6H,2,8H2,1H3,(H,18,19). The topological polar surface area (TPSA) is 108 Å². The van der Waals surface area contributed by atoms with Gasteiger partial charge >= 0.3 is 11.9 Å². The number of benzene rings is 1. The van der Waals surface area contributed by atoms with Gasteiger partial charge in [0.25, 0.3) is 5.91 Å². The number of para-hydroxylation sites is 1. The Balaban J connectivity index is 2.63. The van der Waals surface area contributed by atoms with Crippen LogP contribution in [0.5, 0.6) is 0 Å². The molecule has 0 spiro atoms. The number of carboxylic acids is 1. The molecule has 1 N–H and O–H groups in total. The molecule has 112 valence electrons. The van der Waals surface area contributed by atoms with Crippen LogP contribution in [0.4, 0.5) is 5.69 Å². The lowest BCUT2D eigenvalue weighted by Gasteiger charge is -2.13. The molecule has 1 aliphatic rings. The van der Waals surface area contributed by atoms with Crippen molar-refractivity contribution in [2.24, 2.45) is 0 Å². The van der Waals surface area contributed by atoms with Gasteiger partial charge in [0.2, 0.25) is 0 Å². The molecule has 1 aromatic carbocycles. The van der Waals surface area contributed by atoms with Crippen LogP contribution in [0, 0.1) is 11.3 Å². The molecule has 0 unspecified atom stereocenters. The summed E-state index contributed by atoms with van der Waals surface area (Å²) in [7, 11) is 0. The number of hydrogen-bond acceptors (Lipinski definition) is 5. The zero-order valence-corrected chi connectivity index (χ0v) is 11.7. The molecule has 0 saturated carbocycles. The number of anilines is 1. The highest BCUT2D eigenvalue weighted by molar-refractivity contribution is 6.37. The Labute approximate surface area is 126 Å². The number of aliphatic carboxylic acids is 1. The molecule has 1 heterocycles. The Bertz CT molecular complexity index is 730. The van der Waals surface area contributed by atoms with E-state index in [9.17, 15) is 19.6 Å². The van der Waals surface area contributed by atoms with Gasteiger partial charge in [-0.15, -0.1) is 0 Å². The smallest absolute Gasteiger partial charge is 0.349 e. The first-order valence-electron chi connectivity index (χ1n) is 6.45. The maximum atomic E-state index is 12.5. The van der Waals surface area contributed by atoms with Crippen molar-refractivity contribution in [2.45, 2.75) is 6.92 Å². The van der Waals surface area contributed by atoms with E-state index >= 15 is 0 Å². The van der Waals surface area contributed by atoms with Crippen LogP contribution in [-0.2, 0) is 19.1 Å². The first-order valence-corrected chi connectivity index (χ1v) is 6.45.